The maximum Gasteiger partial charge on any atom is 0.321 e. The molecule has 3 N–H and O–H groups in total. The Kier molecular flexibility index (Phi) is 3.63. The molecule has 0 radical (unpaired) electrons. The summed E-state index contributed by atoms with van der Waals surface area (Å²) in [5.74, 6) is -1.25. The second-order valence-corrected chi connectivity index (χ2v) is 4.33. The summed E-state index contributed by atoms with van der Waals surface area (Å²) in [6.07, 6.45) is 2.02. The van der Waals surface area contributed by atoms with Crippen LogP contribution < -0.4 is 3.53 Å². The third kappa shape index (κ3) is 2.58. The van der Waals surface area contributed by atoms with Crippen molar-refractivity contribution in [3.8, 4) is 0 Å². The Hall–Kier alpha value is -1.15. The van der Waals surface area contributed by atoms with Crippen LogP contribution in [0, 0.1) is 5.82 Å². The molecule has 17 heavy (non-hydrogen) atoms. The van der Waals surface area contributed by atoms with Crippen LogP contribution in [-0.2, 0) is 11.2 Å². The monoisotopic (exact) mass is 348 g/mol. The lowest BCUT2D eigenvalue weighted by Gasteiger charge is -2.08. The lowest BCUT2D eigenvalue weighted by Crippen LogP contribution is -2.32. The Morgan fingerprint density at radius 2 is 2.35 bits per heavy atom. The van der Waals surface area contributed by atoms with Crippen LogP contribution >= 0.6 is 22.9 Å². The van der Waals surface area contributed by atoms with Crippen molar-refractivity contribution < 1.29 is 14.3 Å². The van der Waals surface area contributed by atoms with Crippen LogP contribution in [0.4, 0.5) is 4.39 Å². The van der Waals surface area contributed by atoms with Gasteiger partial charge in [-0.05, 0) is 23.8 Å². The van der Waals surface area contributed by atoms with Gasteiger partial charge in [0.2, 0.25) is 0 Å². The van der Waals surface area contributed by atoms with Crippen molar-refractivity contribution in [2.45, 2.75) is 12.5 Å². The molecule has 0 spiro atoms. The van der Waals surface area contributed by atoms with E-state index in [9.17, 15) is 9.18 Å². The van der Waals surface area contributed by atoms with Gasteiger partial charge in [0.15, 0.2) is 0 Å². The predicted octanol–water partition coefficient (Wildman–Crippen LogP) is 2.24. The smallest absolute Gasteiger partial charge is 0.321 e. The molecular weight excluding hydrogens is 338 g/mol. The van der Waals surface area contributed by atoms with Gasteiger partial charge >= 0.3 is 5.97 Å². The number of carbonyl (C=O) groups is 1. The van der Waals surface area contributed by atoms with E-state index in [1.54, 1.807) is 35.1 Å². The second kappa shape index (κ2) is 5.01. The molecule has 0 aliphatic heterocycles. The van der Waals surface area contributed by atoms with Crippen LogP contribution in [0.3, 0.4) is 0 Å². The Morgan fingerprint density at radius 3 is 3.00 bits per heavy atom. The number of fused-ring (bicyclic) bond motifs is 1. The number of nitrogens with one attached hydrogen (secondary N) is 2. The number of carboxylic acids is 1. The topological polar surface area (TPSA) is 65.1 Å². The van der Waals surface area contributed by atoms with Crippen LogP contribution in [0.1, 0.15) is 5.56 Å². The molecule has 1 atom stereocenters. The van der Waals surface area contributed by atoms with Gasteiger partial charge in [0.25, 0.3) is 0 Å². The lowest BCUT2D eigenvalue weighted by atomic mass is 10.1. The zero-order chi connectivity index (χ0) is 12.4. The van der Waals surface area contributed by atoms with E-state index >= 15 is 0 Å². The second-order valence-electron chi connectivity index (χ2n) is 3.71. The SMILES string of the molecule is O=C(O)C(Cc1c[nH]c2ccc(F)cc12)NI. The number of aliphatic carboxylic acids is 1. The van der Waals surface area contributed by atoms with E-state index in [2.05, 4.69) is 8.51 Å². The highest BCUT2D eigenvalue weighted by Gasteiger charge is 2.18. The first kappa shape index (κ1) is 12.3. The molecule has 1 aromatic carbocycles. The zero-order valence-corrected chi connectivity index (χ0v) is 10.9. The van der Waals surface area contributed by atoms with Crippen molar-refractivity contribution >= 4 is 39.7 Å². The molecule has 0 aliphatic rings. The van der Waals surface area contributed by atoms with Crippen molar-refractivity contribution in [3.05, 3.63) is 35.8 Å². The molecule has 0 fully saturated rings. The number of hydrogen-bond acceptors (Lipinski definition) is 2. The quantitative estimate of drug-likeness (QED) is 0.587. The largest absolute Gasteiger partial charge is 0.480 e. The number of hydrogen-bond donors (Lipinski definition) is 3. The van der Waals surface area contributed by atoms with Gasteiger partial charge in [-0.1, -0.05) is 0 Å². The Morgan fingerprint density at radius 1 is 1.59 bits per heavy atom. The summed E-state index contributed by atoms with van der Waals surface area (Å²) in [5, 5.41) is 9.67. The van der Waals surface area contributed by atoms with Gasteiger partial charge in [0.1, 0.15) is 11.9 Å². The number of aromatic nitrogens is 1. The van der Waals surface area contributed by atoms with Crippen molar-refractivity contribution in [3.63, 3.8) is 0 Å². The molecule has 2 aromatic rings. The molecule has 1 aromatic heterocycles. The van der Waals surface area contributed by atoms with E-state index in [0.29, 0.717) is 6.42 Å². The maximum atomic E-state index is 13.1. The maximum absolute atomic E-state index is 13.1. The molecule has 1 heterocycles. The highest BCUT2D eigenvalue weighted by molar-refractivity contribution is 14.1. The van der Waals surface area contributed by atoms with Crippen molar-refractivity contribution in [1.82, 2.24) is 8.51 Å². The molecule has 0 bridgehead atoms. The summed E-state index contributed by atoms with van der Waals surface area (Å²) >= 11 is 1.80. The van der Waals surface area contributed by atoms with Gasteiger partial charge < -0.3 is 10.1 Å². The number of benzene rings is 1. The first-order valence-corrected chi connectivity index (χ1v) is 6.04. The van der Waals surface area contributed by atoms with Crippen molar-refractivity contribution in [2.24, 2.45) is 0 Å². The highest BCUT2D eigenvalue weighted by Crippen LogP contribution is 2.20. The third-order valence-electron chi connectivity index (χ3n) is 2.58. The summed E-state index contributed by atoms with van der Waals surface area (Å²) in [6, 6.07) is 3.74. The fourth-order valence-electron chi connectivity index (χ4n) is 1.71. The van der Waals surface area contributed by atoms with Crippen molar-refractivity contribution in [2.75, 3.05) is 0 Å². The number of carboxylic acid groups (broad SMARTS) is 1. The van der Waals surface area contributed by atoms with Gasteiger partial charge in [-0.25, -0.2) is 7.92 Å². The standard InChI is InChI=1S/C11H10FIN2O2/c12-7-1-2-9-8(4-7)6(5-14-9)3-10(15-13)11(16)17/h1-2,4-5,10,14-15H,3H2,(H,16,17). The molecule has 0 saturated heterocycles. The molecule has 0 aliphatic carbocycles. The summed E-state index contributed by atoms with van der Waals surface area (Å²) in [4.78, 5) is 13.9. The minimum atomic E-state index is -0.926. The van der Waals surface area contributed by atoms with Gasteiger partial charge in [0.05, 0.1) is 0 Å². The lowest BCUT2D eigenvalue weighted by molar-refractivity contribution is -0.138. The number of H-pyrrole nitrogens is 1. The summed E-state index contributed by atoms with van der Waals surface area (Å²) in [6.45, 7) is 0. The Balaban J connectivity index is 2.35. The molecule has 0 amide bonds. The average Bonchev–Trinajstić information content (AvgIpc) is 2.68. The molecule has 6 heteroatoms. The van der Waals surface area contributed by atoms with Gasteiger partial charge in [-0.3, -0.25) is 4.79 Å². The fraction of sp³-hybridized carbons (Fsp3) is 0.182. The van der Waals surface area contributed by atoms with Crippen LogP contribution in [-0.4, -0.2) is 22.1 Å². The summed E-state index contributed by atoms with van der Waals surface area (Å²) in [7, 11) is 0. The third-order valence-corrected chi connectivity index (χ3v) is 3.34. The normalized spacial score (nSPS) is 12.8. The van der Waals surface area contributed by atoms with Crippen LogP contribution in [0.25, 0.3) is 10.9 Å². The van der Waals surface area contributed by atoms with Crippen LogP contribution in [0.2, 0.25) is 0 Å². The van der Waals surface area contributed by atoms with Gasteiger partial charge in [-0.15, -0.1) is 0 Å². The number of halogens is 2. The molecule has 2 rings (SSSR count). The van der Waals surface area contributed by atoms with Gasteiger partial charge in [0, 0.05) is 46.4 Å². The van der Waals surface area contributed by atoms with E-state index in [1.807, 2.05) is 0 Å². The minimum Gasteiger partial charge on any atom is -0.480 e. The molecular formula is C11H10FIN2O2. The summed E-state index contributed by atoms with van der Waals surface area (Å²) in [5.41, 5.74) is 1.59. The summed E-state index contributed by atoms with van der Waals surface area (Å²) < 4.78 is 15.8. The predicted molar refractivity (Wildman–Crippen MR) is 70.5 cm³/mol. The number of aromatic amines is 1. The van der Waals surface area contributed by atoms with Crippen LogP contribution in [0.15, 0.2) is 24.4 Å². The molecule has 1 unspecified atom stereocenters. The number of rotatable bonds is 4. The molecule has 0 saturated carbocycles. The van der Waals surface area contributed by atoms with E-state index in [-0.39, 0.29) is 5.82 Å². The first-order valence-electron chi connectivity index (χ1n) is 4.96. The van der Waals surface area contributed by atoms with E-state index < -0.39 is 12.0 Å². The van der Waals surface area contributed by atoms with E-state index in [1.165, 1.54) is 12.1 Å². The Labute approximate surface area is 111 Å². The van der Waals surface area contributed by atoms with E-state index in [4.69, 9.17) is 5.11 Å². The Bertz CT molecular complexity index is 555. The van der Waals surface area contributed by atoms with E-state index in [0.717, 1.165) is 16.5 Å². The minimum absolute atomic E-state index is 0.307. The molecule has 90 valence electrons. The average molecular weight is 348 g/mol. The highest BCUT2D eigenvalue weighted by atomic mass is 127. The molecule has 4 nitrogen and oxygen atoms in total. The van der Waals surface area contributed by atoms with Crippen molar-refractivity contribution in [1.29, 1.82) is 0 Å². The fourth-order valence-corrected chi connectivity index (χ4v) is 2.20. The zero-order valence-electron chi connectivity index (χ0n) is 8.71. The van der Waals surface area contributed by atoms with Crippen LogP contribution in [0.5, 0.6) is 0 Å². The first-order chi connectivity index (χ1) is 8.11. The van der Waals surface area contributed by atoms with Gasteiger partial charge in [-0.2, -0.15) is 0 Å².